The first kappa shape index (κ1) is 50.8. The number of hydrogen-bond acceptors (Lipinski definition) is 18. The molecule has 8 heterocycles. The molecule has 19 heteroatoms. The number of phenolic OH excluding ortho intramolecular Hbond substituents is 1. The Morgan fingerprint density at radius 3 is 2.43 bits per heavy atom. The van der Waals surface area contributed by atoms with Gasteiger partial charge in [0.2, 0.25) is 11.8 Å². The third kappa shape index (κ3) is 11.1. The van der Waals surface area contributed by atoms with Crippen LogP contribution in [0.5, 0.6) is 11.6 Å². The van der Waals surface area contributed by atoms with Gasteiger partial charge in [0.25, 0.3) is 0 Å². The molecule has 1 amide bonds. The van der Waals surface area contributed by atoms with Gasteiger partial charge in [-0.3, -0.25) is 14.6 Å². The Kier molecular flexibility index (Phi) is 14.9. The summed E-state index contributed by atoms with van der Waals surface area (Å²) in [6.45, 7) is 15.6. The van der Waals surface area contributed by atoms with Gasteiger partial charge in [-0.05, 0) is 93.2 Å². The van der Waals surface area contributed by atoms with Gasteiger partial charge in [0.05, 0.1) is 59.0 Å². The van der Waals surface area contributed by atoms with Crippen molar-refractivity contribution in [2.24, 2.45) is 11.8 Å². The number of ether oxygens (including phenoxy) is 2. The summed E-state index contributed by atoms with van der Waals surface area (Å²) >= 11 is 1.62. The second-order valence-electron chi connectivity index (χ2n) is 21.7. The number of carbonyl (C=O) groups excluding carboxylic acids is 1. The van der Waals surface area contributed by atoms with Gasteiger partial charge in [-0.1, -0.05) is 55.4 Å². The van der Waals surface area contributed by atoms with E-state index < -0.39 is 12.1 Å². The number of β-amino-alcohol motifs (C(OH)–C–C–N with tert-alkyl or cyclic N) is 1. The summed E-state index contributed by atoms with van der Waals surface area (Å²) in [4.78, 5) is 35.4. The molecule has 2 unspecified atom stereocenters. The molecular formula is C56H70N12O6S. The lowest BCUT2D eigenvalue weighted by Crippen LogP contribution is -2.54. The first-order valence-electron chi connectivity index (χ1n) is 26.7. The first-order valence-corrected chi connectivity index (χ1v) is 27.6. The number of amides is 1. The smallest absolute Gasteiger partial charge is 0.238 e. The van der Waals surface area contributed by atoms with Crippen LogP contribution in [0.1, 0.15) is 81.9 Å². The minimum Gasteiger partial charge on any atom is -0.507 e. The average molecular weight is 1040 g/mol. The van der Waals surface area contributed by atoms with Crippen molar-refractivity contribution in [1.82, 2.24) is 40.4 Å². The molecule has 0 spiro atoms. The number of aliphatic hydroxyl groups is 1. The number of rotatable bonds is 18. The molecule has 5 N–H and O–H groups in total. The molecule has 0 radical (unpaired) electrons. The molecule has 75 heavy (non-hydrogen) atoms. The van der Waals surface area contributed by atoms with E-state index in [4.69, 9.17) is 19.7 Å². The number of nitrogen functional groups attached to an aromatic ring is 1. The largest absolute Gasteiger partial charge is 0.507 e. The third-order valence-corrected chi connectivity index (χ3v) is 17.2. The second kappa shape index (κ2) is 22.1. The van der Waals surface area contributed by atoms with E-state index >= 15 is 0 Å². The van der Waals surface area contributed by atoms with Gasteiger partial charge in [0.1, 0.15) is 17.6 Å². The highest BCUT2D eigenvalue weighted by molar-refractivity contribution is 7.13. The molecule has 11 rings (SSSR count). The Labute approximate surface area is 442 Å². The molecule has 18 nitrogen and oxygen atoms in total. The number of nitrogens with one attached hydrogen (secondary N) is 1. The topological polar surface area (TPSA) is 208 Å². The Morgan fingerprint density at radius 1 is 0.920 bits per heavy atom. The number of nitrogens with zero attached hydrogens (tertiary/aromatic N) is 10. The SMILES string of the molecule is Cc1ncsc1-c1ccc([C@H](C)NC(=O)[C@@H]2C[C@@H](O)CN2COC[C@@H](c2cc(N3CCN(CC4CC(Oc5cc(N6C7CCC6CN(c6cc(-c8ccccc8O)nnc6N)C7)ccn5)C4)CC3)no2)C(C)C)cc1. The van der Waals surface area contributed by atoms with Crippen LogP contribution in [0.25, 0.3) is 21.7 Å². The number of thiazole rings is 1. The minimum absolute atomic E-state index is 0.0227. The Bertz CT molecular complexity index is 2890. The molecule has 1 aliphatic carbocycles. The second-order valence-corrected chi connectivity index (χ2v) is 22.5. The van der Waals surface area contributed by atoms with Crippen LogP contribution < -0.4 is 30.5 Å². The molecule has 4 aliphatic heterocycles. The number of anilines is 4. The Hall–Kier alpha value is -6.38. The van der Waals surface area contributed by atoms with Crippen molar-refractivity contribution in [3.63, 3.8) is 0 Å². The Morgan fingerprint density at radius 2 is 1.69 bits per heavy atom. The highest BCUT2D eigenvalue weighted by Gasteiger charge is 2.42. The van der Waals surface area contributed by atoms with Crippen molar-refractivity contribution in [3.8, 4) is 33.3 Å². The van der Waals surface area contributed by atoms with Crippen LogP contribution in [0, 0.1) is 18.8 Å². The van der Waals surface area contributed by atoms with Crippen LogP contribution in [-0.2, 0) is 9.53 Å². The van der Waals surface area contributed by atoms with Crippen LogP contribution in [0.4, 0.5) is 23.0 Å². The van der Waals surface area contributed by atoms with Crippen molar-refractivity contribution in [2.75, 3.05) is 86.1 Å². The zero-order chi connectivity index (χ0) is 51.7. The number of aromatic nitrogens is 5. The summed E-state index contributed by atoms with van der Waals surface area (Å²) in [5, 5.41) is 37.4. The average Bonchev–Trinajstić information content (AvgIpc) is 4.21. The number of pyridine rings is 1. The van der Waals surface area contributed by atoms with Crippen LogP contribution in [0.15, 0.2) is 89.0 Å². The van der Waals surface area contributed by atoms with E-state index in [1.54, 1.807) is 23.5 Å². The number of aliphatic hydroxyl groups excluding tert-OH is 1. The van der Waals surface area contributed by atoms with Crippen LogP contribution in [0.2, 0.25) is 0 Å². The monoisotopic (exact) mass is 1040 g/mol. The number of carbonyl (C=O) groups is 1. The van der Waals surface area contributed by atoms with Gasteiger partial charge in [-0.15, -0.1) is 21.5 Å². The van der Waals surface area contributed by atoms with Crippen LogP contribution in [0.3, 0.4) is 0 Å². The summed E-state index contributed by atoms with van der Waals surface area (Å²) in [7, 11) is 0. The summed E-state index contributed by atoms with van der Waals surface area (Å²) < 4.78 is 18.8. The molecule has 6 atom stereocenters. The number of piperazine rings is 2. The van der Waals surface area contributed by atoms with E-state index in [2.05, 4.69) is 107 Å². The number of likely N-dealkylation sites (tertiary alicyclic amines) is 1. The van der Waals surface area contributed by atoms with E-state index in [0.717, 1.165) is 116 Å². The van der Waals surface area contributed by atoms with Gasteiger partial charge in [-0.2, -0.15) is 0 Å². The van der Waals surface area contributed by atoms with Crippen LogP contribution >= 0.6 is 11.3 Å². The number of fused-ring (bicyclic) bond motifs is 2. The fourth-order valence-corrected chi connectivity index (χ4v) is 12.7. The fraction of sp³-hybridized carbons (Fsp3) is 0.500. The van der Waals surface area contributed by atoms with Crippen molar-refractivity contribution >= 4 is 40.3 Å². The number of nitrogens with two attached hydrogens (primary N) is 1. The number of hydrogen-bond donors (Lipinski definition) is 4. The minimum atomic E-state index is -0.601. The zero-order valence-corrected chi connectivity index (χ0v) is 44.2. The van der Waals surface area contributed by atoms with Crippen molar-refractivity contribution < 1.29 is 29.0 Å². The fourth-order valence-electron chi connectivity index (χ4n) is 11.9. The number of benzene rings is 2. The van der Waals surface area contributed by atoms with Gasteiger partial charge in [0.15, 0.2) is 11.6 Å². The number of aryl methyl sites for hydroxylation is 1. The standard InChI is InChI=1S/C56H70N12O6S/c1-34(2)46(31-72-33-67-30-43(69)24-49(67)56(71)60-35(3)38-9-11-39(12-10-38)54-36(4)59-32-75-54)51-26-52(63-74-51)65-19-17-64(18-20-65)27-37-21-44(22-37)73-53-23-40(15-16-58-53)68-41-13-14-42(68)29-66(28-41)48-25-47(61-62-55(48)57)45-7-5-6-8-50(45)70/h5-12,15-16,23,25-26,32,34-35,37,41-44,46,49,69-70H,13-14,17-22,24,27-31,33H2,1-4H3,(H2,57,62)(H,60,71)/t35-,37?,41?,42?,43+,44?,46+,49-/m0/s1. The van der Waals surface area contributed by atoms with Gasteiger partial charge < -0.3 is 50.0 Å². The van der Waals surface area contributed by atoms with E-state index in [1.165, 1.54) is 0 Å². The van der Waals surface area contributed by atoms with Gasteiger partial charge in [0, 0.05) is 99.9 Å². The summed E-state index contributed by atoms with van der Waals surface area (Å²) in [6, 6.07) is 23.6. The molecule has 5 aliphatic rings. The quantitative estimate of drug-likeness (QED) is 0.0676. The lowest BCUT2D eigenvalue weighted by molar-refractivity contribution is -0.128. The normalized spacial score (nSPS) is 23.9. The molecule has 4 saturated heterocycles. The number of phenols is 1. The highest BCUT2D eigenvalue weighted by atomic mass is 32.1. The van der Waals surface area contributed by atoms with Crippen molar-refractivity contribution in [1.29, 1.82) is 0 Å². The van der Waals surface area contributed by atoms with E-state index in [9.17, 15) is 15.0 Å². The van der Waals surface area contributed by atoms with Gasteiger partial charge in [-0.25, -0.2) is 9.97 Å². The molecule has 2 aromatic carbocycles. The highest BCUT2D eigenvalue weighted by Crippen LogP contribution is 2.41. The van der Waals surface area contributed by atoms with Crippen molar-refractivity contribution in [2.45, 2.75) is 102 Å². The van der Waals surface area contributed by atoms with E-state index in [1.807, 2.05) is 48.7 Å². The predicted molar refractivity (Wildman–Crippen MR) is 290 cm³/mol. The summed E-state index contributed by atoms with van der Waals surface area (Å²) in [6.07, 6.45) is 5.99. The number of aromatic hydroxyl groups is 1. The third-order valence-electron chi connectivity index (χ3n) is 16.2. The lowest BCUT2D eigenvalue weighted by Gasteiger charge is -2.43. The Balaban J connectivity index is 0.610. The zero-order valence-electron chi connectivity index (χ0n) is 43.4. The van der Waals surface area contributed by atoms with Crippen molar-refractivity contribution in [3.05, 3.63) is 102 Å². The predicted octanol–water partition coefficient (Wildman–Crippen LogP) is 7.11. The summed E-state index contributed by atoms with van der Waals surface area (Å²) in [5.74, 6) is 3.58. The molecule has 6 aromatic rings. The van der Waals surface area contributed by atoms with E-state index in [-0.39, 0.29) is 42.4 Å². The van der Waals surface area contributed by atoms with Crippen LogP contribution in [-0.4, -0.2) is 147 Å². The molecular weight excluding hydrogens is 969 g/mol. The molecule has 1 saturated carbocycles. The maximum atomic E-state index is 13.6. The molecule has 2 bridgehead atoms. The lowest BCUT2D eigenvalue weighted by atomic mass is 9.82. The number of para-hydroxylation sites is 1. The van der Waals surface area contributed by atoms with E-state index in [0.29, 0.717) is 60.5 Å². The molecule has 4 aromatic heterocycles. The first-order chi connectivity index (χ1) is 36.4. The summed E-state index contributed by atoms with van der Waals surface area (Å²) in [5.41, 5.74) is 14.6. The maximum Gasteiger partial charge on any atom is 0.238 e. The van der Waals surface area contributed by atoms with Gasteiger partial charge >= 0.3 is 0 Å². The molecule has 5 fully saturated rings. The maximum absolute atomic E-state index is 13.6. The molecule has 396 valence electrons.